The van der Waals surface area contributed by atoms with E-state index < -0.39 is 0 Å². The van der Waals surface area contributed by atoms with E-state index in [1.165, 1.54) is 11.6 Å². The van der Waals surface area contributed by atoms with Gasteiger partial charge in [-0.05, 0) is 18.1 Å². The first-order chi connectivity index (χ1) is 9.20. The van der Waals surface area contributed by atoms with Gasteiger partial charge in [0.2, 0.25) is 0 Å². The number of nitrogens with zero attached hydrogens (tertiary/aromatic N) is 1. The van der Waals surface area contributed by atoms with E-state index in [4.69, 9.17) is 5.73 Å². The topological polar surface area (TPSA) is 47.0 Å². The van der Waals surface area contributed by atoms with Crippen LogP contribution >= 0.6 is 0 Å². The van der Waals surface area contributed by atoms with Gasteiger partial charge in [0.25, 0.3) is 5.82 Å². The van der Waals surface area contributed by atoms with Crippen LogP contribution in [0.25, 0.3) is 6.20 Å². The van der Waals surface area contributed by atoms with Gasteiger partial charge in [0.05, 0.1) is 12.4 Å². The number of benzene rings is 1. The van der Waals surface area contributed by atoms with Crippen LogP contribution in [0, 0.1) is 0 Å². The quantitative estimate of drug-likeness (QED) is 0.517. The van der Waals surface area contributed by atoms with Crippen LogP contribution in [0.1, 0.15) is 22.8 Å². The third-order valence-corrected chi connectivity index (χ3v) is 2.96. The third-order valence-electron chi connectivity index (χ3n) is 2.96. The highest BCUT2D eigenvalue weighted by Gasteiger charge is 2.03. The lowest BCUT2D eigenvalue weighted by Gasteiger charge is -1.99. The molecule has 2 N–H and O–H groups in total. The molecule has 3 nitrogen and oxygen atoms in total. The Morgan fingerprint density at radius 1 is 1.21 bits per heavy atom. The molecule has 0 saturated carbocycles. The van der Waals surface area contributed by atoms with E-state index in [9.17, 15) is 4.79 Å². The molecule has 0 aliphatic carbocycles. The lowest BCUT2D eigenvalue weighted by molar-refractivity contribution is -0.552. The number of ketones is 1. The van der Waals surface area contributed by atoms with Crippen molar-refractivity contribution in [3.63, 3.8) is 0 Å². The number of nitrogens with two attached hydrogens (primary N) is 1. The summed E-state index contributed by atoms with van der Waals surface area (Å²) in [6, 6.07) is 13.2. The van der Waals surface area contributed by atoms with Gasteiger partial charge in [-0.2, -0.15) is 0 Å². The number of hydrogen-bond donors (Lipinski definition) is 1. The van der Waals surface area contributed by atoms with Gasteiger partial charge < -0.3 is 0 Å². The Morgan fingerprint density at radius 2 is 1.95 bits per heavy atom. The average Bonchev–Trinajstić information content (AvgIpc) is 2.46. The van der Waals surface area contributed by atoms with Crippen LogP contribution in [-0.4, -0.2) is 5.78 Å². The fourth-order valence-corrected chi connectivity index (χ4v) is 1.75. The van der Waals surface area contributed by atoms with Gasteiger partial charge in [-0.3, -0.25) is 10.5 Å². The Kier molecular flexibility index (Phi) is 4.08. The molecular formula is C16H17N2O+. The number of carbonyl (C=O) groups excluding carboxylic acids is 1. The largest absolute Gasteiger partial charge is 0.289 e. The zero-order chi connectivity index (χ0) is 13.7. The molecule has 3 heteroatoms. The smallest absolute Gasteiger partial charge is 0.276 e. The van der Waals surface area contributed by atoms with Crippen molar-refractivity contribution < 1.29 is 9.36 Å². The summed E-state index contributed by atoms with van der Waals surface area (Å²) in [6.07, 6.45) is 5.97. The van der Waals surface area contributed by atoms with Gasteiger partial charge in [0, 0.05) is 17.7 Å². The number of nitrogen functional groups attached to an aromatic ring is 1. The second-order valence-corrected chi connectivity index (χ2v) is 4.26. The number of aromatic nitrogens is 1. The van der Waals surface area contributed by atoms with E-state index in [1.54, 1.807) is 23.0 Å². The molecule has 1 aromatic carbocycles. The Morgan fingerprint density at radius 3 is 2.58 bits per heavy atom. The first-order valence-electron chi connectivity index (χ1n) is 6.28. The van der Waals surface area contributed by atoms with E-state index in [0.29, 0.717) is 11.4 Å². The molecule has 0 atom stereocenters. The fraction of sp³-hybridized carbons (Fsp3) is 0.125. The molecule has 1 aromatic heterocycles. The first-order valence-corrected chi connectivity index (χ1v) is 6.28. The van der Waals surface area contributed by atoms with E-state index >= 15 is 0 Å². The summed E-state index contributed by atoms with van der Waals surface area (Å²) < 4.78 is 1.71. The number of anilines is 1. The van der Waals surface area contributed by atoms with Crippen molar-refractivity contribution in [3.8, 4) is 0 Å². The van der Waals surface area contributed by atoms with Crippen molar-refractivity contribution in [1.29, 1.82) is 0 Å². The number of hydrogen-bond acceptors (Lipinski definition) is 2. The molecule has 0 fully saturated rings. The molecule has 2 rings (SSSR count). The lowest BCUT2D eigenvalue weighted by atomic mass is 10.1. The molecule has 0 aliphatic heterocycles. The summed E-state index contributed by atoms with van der Waals surface area (Å²) in [4.78, 5) is 12.0. The van der Waals surface area contributed by atoms with E-state index in [1.807, 2.05) is 36.4 Å². The Hall–Kier alpha value is -2.42. The third kappa shape index (κ3) is 3.28. The van der Waals surface area contributed by atoms with Crippen molar-refractivity contribution in [2.75, 3.05) is 5.73 Å². The summed E-state index contributed by atoms with van der Waals surface area (Å²) in [5.74, 6) is 0.561. The average molecular weight is 253 g/mol. The highest BCUT2D eigenvalue weighted by atomic mass is 16.1. The molecule has 0 saturated heterocycles. The van der Waals surface area contributed by atoms with Crippen LogP contribution in [0.2, 0.25) is 0 Å². The van der Waals surface area contributed by atoms with Crippen LogP contribution < -0.4 is 10.3 Å². The molecule has 19 heavy (non-hydrogen) atoms. The zero-order valence-electron chi connectivity index (χ0n) is 10.9. The standard InChI is InChI=1S/C16H16N2O/c1-2-13-6-8-14(9-7-13)15(19)10-12-18-11-4-3-5-16(18)17/h3-12,17H,2H2,1H3/p+1. The molecule has 0 spiro atoms. The maximum atomic E-state index is 12.0. The van der Waals surface area contributed by atoms with Crippen molar-refractivity contribution in [2.24, 2.45) is 0 Å². The summed E-state index contributed by atoms with van der Waals surface area (Å²) in [5, 5.41) is 0. The predicted molar refractivity (Wildman–Crippen MR) is 76.5 cm³/mol. The molecule has 0 bridgehead atoms. The Bertz CT molecular complexity index is 600. The van der Waals surface area contributed by atoms with Gasteiger partial charge >= 0.3 is 0 Å². The number of allylic oxidation sites excluding steroid dienone is 1. The summed E-state index contributed by atoms with van der Waals surface area (Å²) in [5.41, 5.74) is 7.69. The maximum absolute atomic E-state index is 12.0. The monoisotopic (exact) mass is 253 g/mol. The summed E-state index contributed by atoms with van der Waals surface area (Å²) in [7, 11) is 0. The second kappa shape index (κ2) is 5.96. The Labute approximate surface area is 113 Å². The number of rotatable bonds is 4. The fourth-order valence-electron chi connectivity index (χ4n) is 1.75. The van der Waals surface area contributed by atoms with Crippen LogP contribution in [0.3, 0.4) is 0 Å². The number of aryl methyl sites for hydroxylation is 1. The summed E-state index contributed by atoms with van der Waals surface area (Å²) in [6.45, 7) is 2.09. The van der Waals surface area contributed by atoms with Crippen molar-refractivity contribution in [1.82, 2.24) is 0 Å². The molecule has 2 aromatic rings. The first kappa shape index (κ1) is 13.0. The lowest BCUT2D eigenvalue weighted by Crippen LogP contribution is -2.29. The van der Waals surface area contributed by atoms with Gasteiger partial charge in [-0.25, -0.2) is 4.57 Å². The molecular weight excluding hydrogens is 236 g/mol. The number of pyridine rings is 1. The van der Waals surface area contributed by atoms with Crippen LogP contribution in [0.4, 0.5) is 5.82 Å². The molecule has 96 valence electrons. The molecule has 0 aliphatic rings. The van der Waals surface area contributed by atoms with E-state index in [-0.39, 0.29) is 5.78 Å². The second-order valence-electron chi connectivity index (χ2n) is 4.26. The minimum Gasteiger partial charge on any atom is -0.289 e. The van der Waals surface area contributed by atoms with Gasteiger partial charge in [0.1, 0.15) is 0 Å². The van der Waals surface area contributed by atoms with Crippen molar-refractivity contribution >= 4 is 17.8 Å². The van der Waals surface area contributed by atoms with Crippen molar-refractivity contribution in [2.45, 2.75) is 13.3 Å². The highest BCUT2D eigenvalue weighted by molar-refractivity contribution is 6.05. The normalized spacial score (nSPS) is 10.8. The summed E-state index contributed by atoms with van der Waals surface area (Å²) >= 11 is 0. The van der Waals surface area contributed by atoms with Crippen LogP contribution in [-0.2, 0) is 6.42 Å². The SMILES string of the molecule is CCc1ccc(C(=O)C=C[n+]2ccccc2N)cc1. The minimum absolute atomic E-state index is 0.0293. The molecule has 0 amide bonds. The predicted octanol–water partition coefficient (Wildman–Crippen LogP) is 2.47. The molecule has 0 unspecified atom stereocenters. The van der Waals surface area contributed by atoms with Crippen LogP contribution in [0.15, 0.2) is 54.7 Å². The molecule has 0 radical (unpaired) electrons. The molecule has 1 heterocycles. The number of carbonyl (C=O) groups is 1. The van der Waals surface area contributed by atoms with Gasteiger partial charge in [0.15, 0.2) is 5.78 Å². The minimum atomic E-state index is -0.0293. The highest BCUT2D eigenvalue weighted by Crippen LogP contribution is 2.06. The zero-order valence-corrected chi connectivity index (χ0v) is 10.9. The Balaban J connectivity index is 2.14. The van der Waals surface area contributed by atoms with E-state index in [2.05, 4.69) is 6.92 Å². The van der Waals surface area contributed by atoms with Crippen molar-refractivity contribution in [3.05, 3.63) is 65.9 Å². The van der Waals surface area contributed by atoms with Gasteiger partial charge in [-0.1, -0.05) is 37.3 Å². The van der Waals surface area contributed by atoms with Gasteiger partial charge in [-0.15, -0.1) is 0 Å². The van der Waals surface area contributed by atoms with Crippen LogP contribution in [0.5, 0.6) is 0 Å². The van der Waals surface area contributed by atoms with E-state index in [0.717, 1.165) is 6.42 Å². The maximum Gasteiger partial charge on any atom is 0.276 e.